The highest BCUT2D eigenvalue weighted by atomic mass is 16.5. The molecule has 0 aliphatic carbocycles. The minimum atomic E-state index is -0.337. The van der Waals surface area contributed by atoms with Gasteiger partial charge in [-0.05, 0) is 24.1 Å². The maximum Gasteiger partial charge on any atom is 0.259 e. The number of carbonyl (C=O) groups is 2. The van der Waals surface area contributed by atoms with Crippen molar-refractivity contribution in [3.63, 3.8) is 0 Å². The summed E-state index contributed by atoms with van der Waals surface area (Å²) in [7, 11) is 1.66. The Morgan fingerprint density at radius 3 is 2.53 bits per heavy atom. The van der Waals surface area contributed by atoms with Gasteiger partial charge in [-0.1, -0.05) is 13.8 Å². The molecule has 5 nitrogen and oxygen atoms in total. The van der Waals surface area contributed by atoms with Crippen LogP contribution in [0.4, 0.5) is 5.69 Å². The van der Waals surface area contributed by atoms with Crippen LogP contribution in [0.5, 0.6) is 0 Å². The summed E-state index contributed by atoms with van der Waals surface area (Å²) in [6.45, 7) is 4.78. The molecular formula is C14H18N2O3. The second-order valence-corrected chi connectivity index (χ2v) is 4.99. The number of hydrogen-bond acceptors (Lipinski definition) is 4. The zero-order chi connectivity index (χ0) is 14.0. The number of nitrogens with one attached hydrogen (secondary N) is 2. The van der Waals surface area contributed by atoms with Gasteiger partial charge in [0.1, 0.15) is 0 Å². The highest BCUT2D eigenvalue weighted by Crippen LogP contribution is 2.21. The molecule has 2 N–H and O–H groups in total. The number of benzene rings is 1. The van der Waals surface area contributed by atoms with E-state index in [-0.39, 0.29) is 17.9 Å². The SMILES string of the molecule is COCC(Nc1ccc2c(c1)C(=O)NC2=O)C(C)C. The topological polar surface area (TPSA) is 67.4 Å². The Bertz CT molecular complexity index is 511. The first-order chi connectivity index (χ1) is 9.02. The number of anilines is 1. The first-order valence-electron chi connectivity index (χ1n) is 6.28. The number of ether oxygens (including phenoxy) is 1. The molecule has 0 aromatic heterocycles. The lowest BCUT2D eigenvalue weighted by atomic mass is 10.0. The van der Waals surface area contributed by atoms with E-state index < -0.39 is 0 Å². The summed E-state index contributed by atoms with van der Waals surface area (Å²) in [5.41, 5.74) is 1.68. The molecule has 102 valence electrons. The number of hydrogen-bond donors (Lipinski definition) is 2. The van der Waals surface area contributed by atoms with Crippen molar-refractivity contribution in [3.8, 4) is 0 Å². The summed E-state index contributed by atoms with van der Waals surface area (Å²) in [6, 6.07) is 5.34. The lowest BCUT2D eigenvalue weighted by Crippen LogP contribution is -2.30. The zero-order valence-electron chi connectivity index (χ0n) is 11.3. The quantitative estimate of drug-likeness (QED) is 0.792. The second-order valence-electron chi connectivity index (χ2n) is 4.99. The van der Waals surface area contributed by atoms with E-state index in [9.17, 15) is 9.59 Å². The third-order valence-corrected chi connectivity index (χ3v) is 3.24. The Morgan fingerprint density at radius 2 is 1.89 bits per heavy atom. The zero-order valence-corrected chi connectivity index (χ0v) is 11.3. The first kappa shape index (κ1) is 13.5. The van der Waals surface area contributed by atoms with Crippen LogP contribution >= 0.6 is 0 Å². The number of carbonyl (C=O) groups excluding carboxylic acids is 2. The lowest BCUT2D eigenvalue weighted by Gasteiger charge is -2.22. The minimum absolute atomic E-state index is 0.156. The standard InChI is InChI=1S/C14H18N2O3/c1-8(2)12(7-19-3)15-9-4-5-10-11(6-9)14(18)16-13(10)17/h4-6,8,12,15H,7H2,1-3H3,(H,16,17,18). The summed E-state index contributed by atoms with van der Waals surface area (Å²) in [5, 5.41) is 5.61. The lowest BCUT2D eigenvalue weighted by molar-refractivity contribution is 0.0879. The van der Waals surface area contributed by atoms with Crippen molar-refractivity contribution in [2.45, 2.75) is 19.9 Å². The Labute approximate surface area is 112 Å². The van der Waals surface area contributed by atoms with E-state index in [1.54, 1.807) is 19.2 Å². The Morgan fingerprint density at radius 1 is 1.21 bits per heavy atom. The van der Waals surface area contributed by atoms with Crippen LogP contribution in [0.25, 0.3) is 0 Å². The molecule has 2 rings (SSSR count). The van der Waals surface area contributed by atoms with Gasteiger partial charge in [-0.25, -0.2) is 0 Å². The molecule has 5 heteroatoms. The maximum atomic E-state index is 11.6. The molecule has 0 saturated heterocycles. The van der Waals surface area contributed by atoms with Crippen molar-refractivity contribution in [2.75, 3.05) is 19.0 Å². The first-order valence-corrected chi connectivity index (χ1v) is 6.28. The summed E-state index contributed by atoms with van der Waals surface area (Å²) >= 11 is 0. The molecule has 1 heterocycles. The van der Waals surface area contributed by atoms with Gasteiger partial charge in [0.05, 0.1) is 23.8 Å². The average Bonchev–Trinajstić information content (AvgIpc) is 2.64. The molecule has 0 spiro atoms. The minimum Gasteiger partial charge on any atom is -0.383 e. The van der Waals surface area contributed by atoms with E-state index in [0.29, 0.717) is 23.7 Å². The van der Waals surface area contributed by atoms with Gasteiger partial charge in [-0.2, -0.15) is 0 Å². The number of fused-ring (bicyclic) bond motifs is 1. The van der Waals surface area contributed by atoms with Crippen molar-refractivity contribution in [3.05, 3.63) is 29.3 Å². The number of methoxy groups -OCH3 is 1. The molecular weight excluding hydrogens is 244 g/mol. The van der Waals surface area contributed by atoms with Crippen molar-refractivity contribution in [1.29, 1.82) is 0 Å². The molecule has 1 atom stereocenters. The van der Waals surface area contributed by atoms with Gasteiger partial charge in [0.25, 0.3) is 11.8 Å². The van der Waals surface area contributed by atoms with Crippen LogP contribution in [-0.2, 0) is 4.74 Å². The normalized spacial score (nSPS) is 15.4. The fourth-order valence-electron chi connectivity index (χ4n) is 2.05. The van der Waals surface area contributed by atoms with E-state index in [1.807, 2.05) is 6.07 Å². The van der Waals surface area contributed by atoms with Crippen molar-refractivity contribution >= 4 is 17.5 Å². The van der Waals surface area contributed by atoms with E-state index >= 15 is 0 Å². The molecule has 0 radical (unpaired) electrons. The molecule has 0 saturated carbocycles. The van der Waals surface area contributed by atoms with Crippen LogP contribution in [0, 0.1) is 5.92 Å². The van der Waals surface area contributed by atoms with Gasteiger partial charge < -0.3 is 10.1 Å². The monoisotopic (exact) mass is 262 g/mol. The molecule has 0 bridgehead atoms. The predicted molar refractivity (Wildman–Crippen MR) is 72.4 cm³/mol. The molecule has 1 aromatic carbocycles. The summed E-state index contributed by atoms with van der Waals surface area (Å²) in [4.78, 5) is 23.0. The van der Waals surface area contributed by atoms with Crippen molar-refractivity contribution in [2.24, 2.45) is 5.92 Å². The van der Waals surface area contributed by atoms with Gasteiger partial charge >= 0.3 is 0 Å². The van der Waals surface area contributed by atoms with Crippen LogP contribution < -0.4 is 10.6 Å². The van der Waals surface area contributed by atoms with Gasteiger partial charge in [-0.3, -0.25) is 14.9 Å². The molecule has 1 aliphatic rings. The van der Waals surface area contributed by atoms with Gasteiger partial charge in [0.15, 0.2) is 0 Å². The summed E-state index contributed by atoms with van der Waals surface area (Å²) < 4.78 is 5.17. The molecule has 1 unspecified atom stereocenters. The molecule has 0 fully saturated rings. The Hall–Kier alpha value is -1.88. The van der Waals surface area contributed by atoms with E-state index in [0.717, 1.165) is 5.69 Å². The van der Waals surface area contributed by atoms with E-state index in [2.05, 4.69) is 24.5 Å². The third kappa shape index (κ3) is 2.76. The number of imide groups is 1. The average molecular weight is 262 g/mol. The number of amides is 2. The van der Waals surface area contributed by atoms with Crippen molar-refractivity contribution < 1.29 is 14.3 Å². The summed E-state index contributed by atoms with van der Waals surface area (Å²) in [5.74, 6) is -0.274. The highest BCUT2D eigenvalue weighted by molar-refractivity contribution is 6.21. The smallest absolute Gasteiger partial charge is 0.259 e. The van der Waals surface area contributed by atoms with Gasteiger partial charge in [-0.15, -0.1) is 0 Å². The fourth-order valence-corrected chi connectivity index (χ4v) is 2.05. The van der Waals surface area contributed by atoms with Gasteiger partial charge in [0.2, 0.25) is 0 Å². The van der Waals surface area contributed by atoms with E-state index in [4.69, 9.17) is 4.74 Å². The van der Waals surface area contributed by atoms with Crippen LogP contribution in [0.1, 0.15) is 34.6 Å². The van der Waals surface area contributed by atoms with Crippen LogP contribution in [0.15, 0.2) is 18.2 Å². The second kappa shape index (κ2) is 5.40. The highest BCUT2D eigenvalue weighted by Gasteiger charge is 2.27. The fraction of sp³-hybridized carbons (Fsp3) is 0.429. The molecule has 2 amide bonds. The Balaban J connectivity index is 2.21. The molecule has 19 heavy (non-hydrogen) atoms. The summed E-state index contributed by atoms with van der Waals surface area (Å²) in [6.07, 6.45) is 0. The van der Waals surface area contributed by atoms with E-state index in [1.165, 1.54) is 0 Å². The third-order valence-electron chi connectivity index (χ3n) is 3.24. The number of rotatable bonds is 5. The van der Waals surface area contributed by atoms with Gasteiger partial charge in [0, 0.05) is 12.8 Å². The largest absolute Gasteiger partial charge is 0.383 e. The van der Waals surface area contributed by atoms with Crippen LogP contribution in [0.2, 0.25) is 0 Å². The Kier molecular flexibility index (Phi) is 3.85. The predicted octanol–water partition coefficient (Wildman–Crippen LogP) is 1.65. The van der Waals surface area contributed by atoms with Crippen molar-refractivity contribution in [1.82, 2.24) is 5.32 Å². The van der Waals surface area contributed by atoms with Crippen LogP contribution in [0.3, 0.4) is 0 Å². The molecule has 1 aliphatic heterocycles. The maximum absolute atomic E-state index is 11.6. The van der Waals surface area contributed by atoms with Crippen LogP contribution in [-0.4, -0.2) is 31.6 Å². The molecule has 1 aromatic rings.